The largest absolute Gasteiger partial charge is 0.321 e. The first-order valence-corrected chi connectivity index (χ1v) is 5.17. The minimum absolute atomic E-state index is 0.146. The number of aryl methyl sites for hydroxylation is 1. The van der Waals surface area contributed by atoms with Crippen LogP contribution in [-0.4, -0.2) is 4.98 Å². The highest BCUT2D eigenvalue weighted by molar-refractivity contribution is 6.30. The zero-order valence-electron chi connectivity index (χ0n) is 8.76. The molecule has 1 unspecified atom stereocenters. The molecule has 0 amide bonds. The molecule has 2 rings (SSSR count). The van der Waals surface area contributed by atoms with Crippen molar-refractivity contribution in [2.75, 3.05) is 0 Å². The summed E-state index contributed by atoms with van der Waals surface area (Å²) in [6.07, 6.45) is 0.977. The number of hydrogen-bond donors (Lipinski definition) is 1. The fraction of sp³-hybridized carbons (Fsp3) is 0.545. The monoisotopic (exact) mass is 210 g/mol. The highest BCUT2D eigenvalue weighted by Gasteiger charge is 2.60. The summed E-state index contributed by atoms with van der Waals surface area (Å²) >= 11 is 6.09. The molecule has 1 aromatic heterocycles. The van der Waals surface area contributed by atoms with Crippen LogP contribution in [0.2, 0.25) is 5.15 Å². The van der Waals surface area contributed by atoms with Gasteiger partial charge in [-0.15, -0.1) is 0 Å². The lowest BCUT2D eigenvalue weighted by molar-refractivity contribution is 0.509. The van der Waals surface area contributed by atoms with Gasteiger partial charge in [-0.05, 0) is 24.8 Å². The fourth-order valence-corrected chi connectivity index (χ4v) is 2.34. The molecule has 0 spiro atoms. The van der Waals surface area contributed by atoms with Crippen LogP contribution in [0.5, 0.6) is 0 Å². The van der Waals surface area contributed by atoms with E-state index < -0.39 is 0 Å². The minimum atomic E-state index is -0.273. The van der Waals surface area contributed by atoms with Crippen LogP contribution in [0.25, 0.3) is 0 Å². The van der Waals surface area contributed by atoms with Crippen LogP contribution in [0.4, 0.5) is 0 Å². The molecule has 1 aromatic rings. The number of hydrogen-bond acceptors (Lipinski definition) is 2. The number of pyridine rings is 1. The highest BCUT2D eigenvalue weighted by Crippen LogP contribution is 2.61. The van der Waals surface area contributed by atoms with Crippen molar-refractivity contribution in [1.29, 1.82) is 0 Å². The van der Waals surface area contributed by atoms with Crippen molar-refractivity contribution in [3.8, 4) is 0 Å². The van der Waals surface area contributed by atoms with E-state index in [0.717, 1.165) is 17.7 Å². The van der Waals surface area contributed by atoms with Crippen molar-refractivity contribution in [2.45, 2.75) is 32.7 Å². The Bertz CT molecular complexity index is 387. The molecule has 0 saturated heterocycles. The van der Waals surface area contributed by atoms with Crippen LogP contribution in [0.3, 0.4) is 0 Å². The summed E-state index contributed by atoms with van der Waals surface area (Å²) in [6, 6.07) is 3.96. The first kappa shape index (κ1) is 9.94. The quantitative estimate of drug-likeness (QED) is 0.724. The van der Waals surface area contributed by atoms with Crippen LogP contribution < -0.4 is 5.73 Å². The molecule has 1 atom stereocenters. The van der Waals surface area contributed by atoms with Crippen molar-refractivity contribution < 1.29 is 0 Å². The van der Waals surface area contributed by atoms with E-state index in [4.69, 9.17) is 17.3 Å². The molecule has 0 aliphatic heterocycles. The van der Waals surface area contributed by atoms with Crippen molar-refractivity contribution >= 4 is 11.6 Å². The van der Waals surface area contributed by atoms with Gasteiger partial charge in [0.05, 0.1) is 0 Å². The van der Waals surface area contributed by atoms with Gasteiger partial charge in [0.1, 0.15) is 5.15 Å². The Labute approximate surface area is 89.5 Å². The minimum Gasteiger partial charge on any atom is -0.321 e. The van der Waals surface area contributed by atoms with Gasteiger partial charge in [0.15, 0.2) is 0 Å². The van der Waals surface area contributed by atoms with Gasteiger partial charge in [-0.3, -0.25) is 0 Å². The molecule has 1 aliphatic carbocycles. The first-order valence-electron chi connectivity index (χ1n) is 4.79. The van der Waals surface area contributed by atoms with E-state index in [1.807, 2.05) is 19.1 Å². The maximum atomic E-state index is 6.27. The molecule has 0 radical (unpaired) electrons. The van der Waals surface area contributed by atoms with E-state index in [2.05, 4.69) is 18.8 Å². The summed E-state index contributed by atoms with van der Waals surface area (Å²) in [6.45, 7) is 6.24. The fourth-order valence-electron chi connectivity index (χ4n) is 1.97. The zero-order chi connectivity index (χ0) is 10.6. The van der Waals surface area contributed by atoms with E-state index in [9.17, 15) is 0 Å². The Morgan fingerprint density at radius 1 is 1.43 bits per heavy atom. The van der Waals surface area contributed by atoms with Gasteiger partial charge in [-0.1, -0.05) is 31.5 Å². The van der Waals surface area contributed by atoms with E-state index in [0.29, 0.717) is 5.15 Å². The van der Waals surface area contributed by atoms with E-state index >= 15 is 0 Å². The van der Waals surface area contributed by atoms with Crippen molar-refractivity contribution in [2.24, 2.45) is 11.1 Å². The van der Waals surface area contributed by atoms with Crippen LogP contribution in [0.15, 0.2) is 12.1 Å². The molecule has 0 bridgehead atoms. The number of nitrogens with two attached hydrogens (primary N) is 1. The predicted octanol–water partition coefficient (Wildman–Crippen LogP) is 2.63. The van der Waals surface area contributed by atoms with E-state index in [1.165, 1.54) is 0 Å². The average Bonchev–Trinajstić information content (AvgIpc) is 2.50. The summed E-state index contributed by atoms with van der Waals surface area (Å²) in [4.78, 5) is 4.23. The van der Waals surface area contributed by atoms with Gasteiger partial charge in [0.25, 0.3) is 0 Å². The van der Waals surface area contributed by atoms with Crippen molar-refractivity contribution in [1.82, 2.24) is 4.98 Å². The lowest BCUT2D eigenvalue weighted by atomic mass is 9.98. The predicted molar refractivity (Wildman–Crippen MR) is 58.2 cm³/mol. The van der Waals surface area contributed by atoms with Gasteiger partial charge in [-0.2, -0.15) is 0 Å². The Hall–Kier alpha value is -0.600. The second-order valence-electron chi connectivity index (χ2n) is 4.82. The third-order valence-electron chi connectivity index (χ3n) is 3.27. The summed E-state index contributed by atoms with van der Waals surface area (Å²) in [5, 5.41) is 0.554. The molecule has 1 heterocycles. The molecule has 2 nitrogen and oxygen atoms in total. The lowest BCUT2D eigenvalue weighted by Gasteiger charge is -2.16. The summed E-state index contributed by atoms with van der Waals surface area (Å²) in [5.74, 6) is 0. The van der Waals surface area contributed by atoms with Gasteiger partial charge in [0.2, 0.25) is 0 Å². The smallest absolute Gasteiger partial charge is 0.134 e. The molecule has 1 aliphatic rings. The molecule has 2 N–H and O–H groups in total. The molecule has 76 valence electrons. The number of aromatic nitrogens is 1. The summed E-state index contributed by atoms with van der Waals surface area (Å²) < 4.78 is 0. The lowest BCUT2D eigenvalue weighted by Crippen LogP contribution is -2.26. The van der Waals surface area contributed by atoms with Gasteiger partial charge >= 0.3 is 0 Å². The molecule has 14 heavy (non-hydrogen) atoms. The summed E-state index contributed by atoms with van der Waals surface area (Å²) in [5.41, 5.74) is 8.06. The normalized spacial score (nSPS) is 28.9. The Balaban J connectivity index is 2.45. The first-order chi connectivity index (χ1) is 6.37. The maximum absolute atomic E-state index is 6.27. The van der Waals surface area contributed by atoms with Crippen LogP contribution in [-0.2, 0) is 5.54 Å². The van der Waals surface area contributed by atoms with E-state index in [-0.39, 0.29) is 11.0 Å². The SMILES string of the molecule is Cc1ccc(C2(N)CC2(C)C)c(Cl)n1. The number of nitrogens with zero attached hydrogens (tertiary/aromatic N) is 1. The number of rotatable bonds is 1. The Morgan fingerprint density at radius 3 is 2.43 bits per heavy atom. The van der Waals surface area contributed by atoms with Crippen LogP contribution >= 0.6 is 11.6 Å². The average molecular weight is 211 g/mol. The van der Waals surface area contributed by atoms with Gasteiger partial charge in [-0.25, -0.2) is 4.98 Å². The third kappa shape index (κ3) is 1.25. The van der Waals surface area contributed by atoms with Gasteiger partial charge < -0.3 is 5.73 Å². The molecule has 3 heteroatoms. The molecule has 1 saturated carbocycles. The standard InChI is InChI=1S/C11H15ClN2/c1-7-4-5-8(9(12)14-7)11(13)6-10(11,2)3/h4-5H,6,13H2,1-3H3. The third-order valence-corrected chi connectivity index (χ3v) is 3.56. The van der Waals surface area contributed by atoms with Gasteiger partial charge in [0, 0.05) is 16.8 Å². The second-order valence-corrected chi connectivity index (χ2v) is 5.18. The Kier molecular flexibility index (Phi) is 1.92. The summed E-state index contributed by atoms with van der Waals surface area (Å²) in [7, 11) is 0. The Morgan fingerprint density at radius 2 is 2.00 bits per heavy atom. The highest BCUT2D eigenvalue weighted by atomic mass is 35.5. The van der Waals surface area contributed by atoms with Crippen LogP contribution in [0, 0.1) is 12.3 Å². The topological polar surface area (TPSA) is 38.9 Å². The molecular weight excluding hydrogens is 196 g/mol. The van der Waals surface area contributed by atoms with Crippen LogP contribution in [0.1, 0.15) is 31.5 Å². The molecular formula is C11H15ClN2. The molecule has 0 aromatic carbocycles. The second kappa shape index (κ2) is 2.71. The van der Waals surface area contributed by atoms with Crippen molar-refractivity contribution in [3.05, 3.63) is 28.5 Å². The van der Waals surface area contributed by atoms with Crippen molar-refractivity contribution in [3.63, 3.8) is 0 Å². The molecule has 1 fully saturated rings. The number of halogens is 1. The zero-order valence-corrected chi connectivity index (χ0v) is 9.52. The van der Waals surface area contributed by atoms with E-state index in [1.54, 1.807) is 0 Å². The maximum Gasteiger partial charge on any atom is 0.134 e.